The number of carbonyl (C=O) groups excluding carboxylic acids is 1. The Labute approximate surface area is 179 Å². The van der Waals surface area contributed by atoms with Gasteiger partial charge < -0.3 is 14.9 Å². The summed E-state index contributed by atoms with van der Waals surface area (Å²) >= 11 is 1.68. The number of hydrogen-bond acceptors (Lipinski definition) is 5. The lowest BCUT2D eigenvalue weighted by Crippen LogP contribution is -2.41. The summed E-state index contributed by atoms with van der Waals surface area (Å²) in [6.45, 7) is 5.19. The number of rotatable bonds is 3. The summed E-state index contributed by atoms with van der Waals surface area (Å²) in [4.78, 5) is 31.7. The molecule has 7 nitrogen and oxygen atoms in total. The quantitative estimate of drug-likeness (QED) is 0.752. The van der Waals surface area contributed by atoms with Gasteiger partial charge in [-0.1, -0.05) is 12.1 Å². The van der Waals surface area contributed by atoms with Gasteiger partial charge in [-0.05, 0) is 30.5 Å². The van der Waals surface area contributed by atoms with Crippen molar-refractivity contribution in [2.24, 2.45) is 11.8 Å². The number of carbonyl (C=O) groups is 2. The third kappa shape index (κ3) is 4.79. The maximum Gasteiger partial charge on any atom is 0.320 e. The number of urea groups is 1. The van der Waals surface area contributed by atoms with Gasteiger partial charge in [0.15, 0.2) is 0 Å². The van der Waals surface area contributed by atoms with E-state index in [1.807, 2.05) is 17.9 Å². The number of thiazole rings is 1. The Morgan fingerprint density at radius 1 is 1.37 bits per heavy atom. The molecule has 0 aliphatic carbocycles. The molecule has 3 atom stereocenters. The van der Waals surface area contributed by atoms with Crippen LogP contribution in [0.2, 0.25) is 0 Å². The fourth-order valence-electron chi connectivity index (χ4n) is 4.55. The average Bonchev–Trinajstić information content (AvgIpc) is 3.36. The van der Waals surface area contributed by atoms with Crippen molar-refractivity contribution in [1.29, 1.82) is 0 Å². The molecule has 30 heavy (non-hydrogen) atoms. The van der Waals surface area contributed by atoms with E-state index in [1.165, 1.54) is 6.07 Å². The van der Waals surface area contributed by atoms with E-state index in [4.69, 9.17) is 9.90 Å². The number of benzene rings is 1. The standard InChI is InChI=1S/C20H25FN4OS.CH2O2/c1-13-22-17(12-27-13)10-24-8-15-9-25(20(26)23(2)3)19(18(15)11-24)14-5-4-6-16(21)7-14;2-1-3/h4-7,12,15,18-19H,8-11H2,1-3H3;1H,(H,2,3)/t15-,18-,19-;/m1./s1. The molecule has 1 aromatic carbocycles. The van der Waals surface area contributed by atoms with Crippen molar-refractivity contribution >= 4 is 23.8 Å². The van der Waals surface area contributed by atoms with Gasteiger partial charge in [-0.15, -0.1) is 11.3 Å². The van der Waals surface area contributed by atoms with E-state index < -0.39 is 0 Å². The molecule has 0 radical (unpaired) electrons. The summed E-state index contributed by atoms with van der Waals surface area (Å²) in [6, 6.07) is 6.64. The Bertz CT molecular complexity index is 891. The number of halogens is 1. The molecule has 3 heterocycles. The highest BCUT2D eigenvalue weighted by atomic mass is 32.1. The molecule has 2 aliphatic heterocycles. The van der Waals surface area contributed by atoms with Crippen molar-refractivity contribution in [2.45, 2.75) is 19.5 Å². The number of amides is 2. The highest BCUT2D eigenvalue weighted by Crippen LogP contribution is 2.45. The van der Waals surface area contributed by atoms with Crippen LogP contribution in [0.3, 0.4) is 0 Å². The third-order valence-electron chi connectivity index (χ3n) is 5.61. The van der Waals surface area contributed by atoms with Gasteiger partial charge in [-0.2, -0.15) is 0 Å². The first kappa shape index (κ1) is 22.2. The maximum absolute atomic E-state index is 13.9. The molecule has 2 aliphatic rings. The summed E-state index contributed by atoms with van der Waals surface area (Å²) in [5.74, 6) is 0.471. The van der Waals surface area contributed by atoms with Crippen LogP contribution in [0.25, 0.3) is 0 Å². The van der Waals surface area contributed by atoms with Crippen molar-refractivity contribution < 1.29 is 19.1 Å². The zero-order valence-corrected chi connectivity index (χ0v) is 18.2. The molecule has 2 aromatic rings. The zero-order valence-electron chi connectivity index (χ0n) is 17.4. The molecule has 2 amide bonds. The predicted octanol–water partition coefficient (Wildman–Crippen LogP) is 3.08. The van der Waals surface area contributed by atoms with E-state index in [0.717, 1.165) is 42.4 Å². The molecule has 1 N–H and O–H groups in total. The first-order valence-electron chi connectivity index (χ1n) is 9.78. The minimum absolute atomic E-state index is 0.000312. The van der Waals surface area contributed by atoms with E-state index >= 15 is 0 Å². The summed E-state index contributed by atoms with van der Waals surface area (Å²) in [5, 5.41) is 10.1. The van der Waals surface area contributed by atoms with Crippen LogP contribution >= 0.6 is 11.3 Å². The Morgan fingerprint density at radius 3 is 2.70 bits per heavy atom. The fraction of sp³-hybridized carbons (Fsp3) is 0.476. The number of aryl methyl sites for hydroxylation is 1. The number of hydrogen-bond donors (Lipinski definition) is 1. The van der Waals surface area contributed by atoms with Gasteiger partial charge in [0.25, 0.3) is 6.47 Å². The maximum atomic E-state index is 13.9. The summed E-state index contributed by atoms with van der Waals surface area (Å²) in [7, 11) is 3.55. The molecular formula is C21H27FN4O3S. The highest BCUT2D eigenvalue weighted by Gasteiger charge is 2.49. The summed E-state index contributed by atoms with van der Waals surface area (Å²) in [6.07, 6.45) is 0. The Hall–Kier alpha value is -2.52. The van der Waals surface area contributed by atoms with Gasteiger partial charge in [0.1, 0.15) is 5.82 Å². The molecule has 0 unspecified atom stereocenters. The first-order chi connectivity index (χ1) is 14.3. The number of nitrogens with zero attached hydrogens (tertiary/aromatic N) is 4. The van der Waals surface area contributed by atoms with Crippen LogP contribution in [0.4, 0.5) is 9.18 Å². The Morgan fingerprint density at radius 2 is 2.10 bits per heavy atom. The average molecular weight is 435 g/mol. The number of carboxylic acid groups (broad SMARTS) is 1. The van der Waals surface area contributed by atoms with Gasteiger partial charge in [0.05, 0.1) is 16.7 Å². The second-order valence-corrected chi connectivity index (χ2v) is 8.97. The molecule has 0 spiro atoms. The third-order valence-corrected chi connectivity index (χ3v) is 6.43. The lowest BCUT2D eigenvalue weighted by Gasteiger charge is -2.31. The van der Waals surface area contributed by atoms with Crippen molar-refractivity contribution in [3.63, 3.8) is 0 Å². The van der Waals surface area contributed by atoms with E-state index in [0.29, 0.717) is 11.8 Å². The Kier molecular flexibility index (Phi) is 7.04. The van der Waals surface area contributed by atoms with Crippen molar-refractivity contribution in [3.8, 4) is 0 Å². The molecule has 4 rings (SSSR count). The lowest BCUT2D eigenvalue weighted by molar-refractivity contribution is -0.122. The molecule has 0 saturated carbocycles. The number of fused-ring (bicyclic) bond motifs is 1. The Balaban J connectivity index is 0.000000806. The van der Waals surface area contributed by atoms with Crippen molar-refractivity contribution in [2.75, 3.05) is 33.7 Å². The van der Waals surface area contributed by atoms with Crippen LogP contribution in [0, 0.1) is 24.6 Å². The molecule has 2 saturated heterocycles. The monoisotopic (exact) mass is 434 g/mol. The van der Waals surface area contributed by atoms with Crippen LogP contribution < -0.4 is 0 Å². The molecule has 0 bridgehead atoms. The minimum atomic E-state index is -0.250. The number of aromatic nitrogens is 1. The van der Waals surface area contributed by atoms with E-state index in [1.54, 1.807) is 42.5 Å². The normalized spacial score (nSPS) is 22.9. The molecule has 162 valence electrons. The second kappa shape index (κ2) is 9.53. The van der Waals surface area contributed by atoms with E-state index in [-0.39, 0.29) is 24.4 Å². The fourth-order valence-corrected chi connectivity index (χ4v) is 5.15. The van der Waals surface area contributed by atoms with Crippen molar-refractivity contribution in [1.82, 2.24) is 19.7 Å². The van der Waals surface area contributed by atoms with Crippen molar-refractivity contribution in [3.05, 3.63) is 51.7 Å². The van der Waals surface area contributed by atoms with Crippen LogP contribution in [0.15, 0.2) is 29.6 Å². The lowest BCUT2D eigenvalue weighted by atomic mass is 9.89. The smallest absolute Gasteiger partial charge is 0.320 e. The summed E-state index contributed by atoms with van der Waals surface area (Å²) in [5.41, 5.74) is 2.00. The second-order valence-electron chi connectivity index (χ2n) is 7.91. The van der Waals surface area contributed by atoms with Crippen LogP contribution in [0.5, 0.6) is 0 Å². The topological polar surface area (TPSA) is 77.0 Å². The van der Waals surface area contributed by atoms with Crippen LogP contribution in [0.1, 0.15) is 22.3 Å². The van der Waals surface area contributed by atoms with Gasteiger partial charge in [-0.25, -0.2) is 14.2 Å². The predicted molar refractivity (Wildman–Crippen MR) is 113 cm³/mol. The van der Waals surface area contributed by atoms with Gasteiger partial charge >= 0.3 is 6.03 Å². The minimum Gasteiger partial charge on any atom is -0.483 e. The van der Waals surface area contributed by atoms with E-state index in [2.05, 4.69) is 15.3 Å². The van der Waals surface area contributed by atoms with Crippen LogP contribution in [-0.2, 0) is 11.3 Å². The SMILES string of the molecule is Cc1nc(CN2C[C@@H]3CN(C(=O)N(C)C)[C@H](c4cccc(F)c4)[C@@H]3C2)cs1.O=CO. The summed E-state index contributed by atoms with van der Waals surface area (Å²) < 4.78 is 13.9. The van der Waals surface area contributed by atoms with Gasteiger partial charge in [0, 0.05) is 51.6 Å². The van der Waals surface area contributed by atoms with E-state index in [9.17, 15) is 9.18 Å². The highest BCUT2D eigenvalue weighted by molar-refractivity contribution is 7.09. The molecular weight excluding hydrogens is 407 g/mol. The van der Waals surface area contributed by atoms with Gasteiger partial charge in [-0.3, -0.25) is 9.69 Å². The first-order valence-corrected chi connectivity index (χ1v) is 10.7. The number of likely N-dealkylation sites (tertiary alicyclic amines) is 2. The molecule has 9 heteroatoms. The zero-order chi connectivity index (χ0) is 21.8. The van der Waals surface area contributed by atoms with Crippen LogP contribution in [-0.4, -0.2) is 71.0 Å². The van der Waals surface area contributed by atoms with Gasteiger partial charge in [0.2, 0.25) is 0 Å². The largest absolute Gasteiger partial charge is 0.483 e. The molecule has 2 fully saturated rings. The molecule has 1 aromatic heterocycles.